The molecule has 0 aliphatic rings. The van der Waals surface area contributed by atoms with Gasteiger partial charge in [-0.2, -0.15) is 0 Å². The molecular formula is C8H13BrN2O3. The highest BCUT2D eigenvalue weighted by Gasteiger charge is 2.16. The Morgan fingerprint density at radius 2 is 2.14 bits per heavy atom. The van der Waals surface area contributed by atoms with Gasteiger partial charge in [-0.25, -0.2) is 9.59 Å². The van der Waals surface area contributed by atoms with E-state index in [2.05, 4.69) is 33.1 Å². The van der Waals surface area contributed by atoms with Gasteiger partial charge >= 0.3 is 12.0 Å². The number of halogens is 1. The van der Waals surface area contributed by atoms with Crippen molar-refractivity contribution in [3.05, 3.63) is 11.1 Å². The molecule has 3 N–H and O–H groups in total. The van der Waals surface area contributed by atoms with E-state index in [4.69, 9.17) is 5.11 Å². The maximum Gasteiger partial charge on any atom is 0.326 e. The average molecular weight is 265 g/mol. The third kappa shape index (κ3) is 5.58. The highest BCUT2D eigenvalue weighted by atomic mass is 79.9. The van der Waals surface area contributed by atoms with E-state index in [0.717, 1.165) is 0 Å². The van der Waals surface area contributed by atoms with Crippen LogP contribution in [0, 0.1) is 0 Å². The molecule has 0 fully saturated rings. The fourth-order valence-corrected chi connectivity index (χ4v) is 0.864. The molecule has 0 heterocycles. The van der Waals surface area contributed by atoms with Crippen LogP contribution in [-0.2, 0) is 4.79 Å². The first-order valence-corrected chi connectivity index (χ1v) is 4.87. The van der Waals surface area contributed by atoms with Crippen LogP contribution >= 0.6 is 15.9 Å². The van der Waals surface area contributed by atoms with Gasteiger partial charge in [-0.05, 0) is 6.42 Å². The smallest absolute Gasteiger partial charge is 0.326 e. The number of rotatable bonds is 5. The highest BCUT2D eigenvalue weighted by molar-refractivity contribution is 9.11. The van der Waals surface area contributed by atoms with Gasteiger partial charge in [0, 0.05) is 4.48 Å². The number of urea groups is 1. The van der Waals surface area contributed by atoms with Crippen molar-refractivity contribution in [3.63, 3.8) is 0 Å². The van der Waals surface area contributed by atoms with Crippen LogP contribution in [0.4, 0.5) is 4.79 Å². The minimum Gasteiger partial charge on any atom is -0.480 e. The van der Waals surface area contributed by atoms with Gasteiger partial charge in [0.25, 0.3) is 0 Å². The highest BCUT2D eigenvalue weighted by Crippen LogP contribution is 1.96. The largest absolute Gasteiger partial charge is 0.480 e. The van der Waals surface area contributed by atoms with Crippen LogP contribution in [-0.4, -0.2) is 29.7 Å². The zero-order valence-electron chi connectivity index (χ0n) is 7.84. The predicted octanol–water partition coefficient (Wildman–Crippen LogP) is 1.06. The van der Waals surface area contributed by atoms with E-state index in [1.54, 1.807) is 6.92 Å². The predicted molar refractivity (Wildman–Crippen MR) is 56.3 cm³/mol. The van der Waals surface area contributed by atoms with Crippen LogP contribution in [0.15, 0.2) is 11.1 Å². The van der Waals surface area contributed by atoms with E-state index in [1.807, 2.05) is 0 Å². The summed E-state index contributed by atoms with van der Waals surface area (Å²) in [7, 11) is 0. The average Bonchev–Trinajstić information content (AvgIpc) is 2.10. The molecule has 0 aromatic carbocycles. The molecule has 14 heavy (non-hydrogen) atoms. The second-order valence-corrected chi connectivity index (χ2v) is 3.76. The molecule has 0 aromatic heterocycles. The van der Waals surface area contributed by atoms with Crippen LogP contribution in [0.3, 0.4) is 0 Å². The van der Waals surface area contributed by atoms with Gasteiger partial charge in [-0.3, -0.25) is 0 Å². The normalized spacial score (nSPS) is 11.6. The van der Waals surface area contributed by atoms with Gasteiger partial charge in [0.15, 0.2) is 0 Å². The van der Waals surface area contributed by atoms with Crippen molar-refractivity contribution in [1.29, 1.82) is 0 Å². The molecule has 1 atom stereocenters. The molecule has 0 bridgehead atoms. The monoisotopic (exact) mass is 264 g/mol. The zero-order valence-corrected chi connectivity index (χ0v) is 9.43. The number of nitrogens with one attached hydrogen (secondary N) is 2. The second-order valence-electron chi connectivity index (χ2n) is 2.64. The third-order valence-corrected chi connectivity index (χ3v) is 1.73. The van der Waals surface area contributed by atoms with Crippen molar-refractivity contribution in [2.75, 3.05) is 6.54 Å². The van der Waals surface area contributed by atoms with Gasteiger partial charge in [0.1, 0.15) is 6.04 Å². The van der Waals surface area contributed by atoms with Gasteiger partial charge in [0.2, 0.25) is 0 Å². The second kappa shape index (κ2) is 6.42. The Bertz CT molecular complexity index is 243. The van der Waals surface area contributed by atoms with Crippen LogP contribution in [0.25, 0.3) is 0 Å². The lowest BCUT2D eigenvalue weighted by Crippen LogP contribution is -2.45. The number of aliphatic carboxylic acids is 1. The number of carbonyl (C=O) groups is 2. The first kappa shape index (κ1) is 13.0. The molecule has 0 radical (unpaired) electrons. The number of hydrogen-bond acceptors (Lipinski definition) is 2. The molecule has 0 aromatic rings. The Morgan fingerprint density at radius 1 is 1.57 bits per heavy atom. The number of carbonyl (C=O) groups excluding carboxylic acids is 1. The van der Waals surface area contributed by atoms with E-state index in [0.29, 0.717) is 10.9 Å². The van der Waals surface area contributed by atoms with Crippen LogP contribution in [0.5, 0.6) is 0 Å². The lowest BCUT2D eigenvalue weighted by Gasteiger charge is -2.12. The first-order valence-electron chi connectivity index (χ1n) is 4.07. The van der Waals surface area contributed by atoms with E-state index < -0.39 is 18.0 Å². The molecular weight excluding hydrogens is 252 g/mol. The van der Waals surface area contributed by atoms with Crippen molar-refractivity contribution in [2.24, 2.45) is 0 Å². The SMILES string of the molecule is C=C(Br)CNC(=O)N[C@H](CC)C(=O)O. The summed E-state index contributed by atoms with van der Waals surface area (Å²) in [5.41, 5.74) is 0. The summed E-state index contributed by atoms with van der Waals surface area (Å²) in [6, 6.07) is -1.36. The molecule has 0 saturated carbocycles. The van der Waals surface area contributed by atoms with Crippen molar-refractivity contribution in [1.82, 2.24) is 10.6 Å². The van der Waals surface area contributed by atoms with Crippen molar-refractivity contribution < 1.29 is 14.7 Å². The Balaban J connectivity index is 3.91. The molecule has 2 amide bonds. The zero-order chi connectivity index (χ0) is 11.1. The Kier molecular flexibility index (Phi) is 5.94. The Hall–Kier alpha value is -1.04. The topological polar surface area (TPSA) is 78.4 Å². The number of carboxylic acid groups (broad SMARTS) is 1. The first-order chi connectivity index (χ1) is 6.47. The fraction of sp³-hybridized carbons (Fsp3) is 0.500. The standard InChI is InChI=1S/C8H13BrN2O3/c1-3-6(7(12)13)11-8(14)10-4-5(2)9/h6H,2-4H2,1H3,(H,12,13)(H2,10,11,14)/t6-/m1/s1. The maximum absolute atomic E-state index is 11.1. The molecule has 0 spiro atoms. The number of carboxylic acids is 1. The van der Waals surface area contributed by atoms with E-state index in [9.17, 15) is 9.59 Å². The van der Waals surface area contributed by atoms with E-state index in [1.165, 1.54) is 0 Å². The molecule has 6 heteroatoms. The summed E-state index contributed by atoms with van der Waals surface area (Å²) < 4.78 is 0.621. The van der Waals surface area contributed by atoms with E-state index >= 15 is 0 Å². The summed E-state index contributed by atoms with van der Waals surface area (Å²) >= 11 is 3.06. The number of hydrogen-bond donors (Lipinski definition) is 3. The molecule has 0 aliphatic carbocycles. The summed E-state index contributed by atoms with van der Waals surface area (Å²) in [6.45, 7) is 5.47. The van der Waals surface area contributed by atoms with Crippen molar-refractivity contribution in [2.45, 2.75) is 19.4 Å². The van der Waals surface area contributed by atoms with Gasteiger partial charge in [0.05, 0.1) is 6.54 Å². The lowest BCUT2D eigenvalue weighted by atomic mass is 10.2. The maximum atomic E-state index is 11.1. The third-order valence-electron chi connectivity index (χ3n) is 1.45. The summed E-state index contributed by atoms with van der Waals surface area (Å²) in [6.07, 6.45) is 0.345. The van der Waals surface area contributed by atoms with Crippen LogP contribution in [0.1, 0.15) is 13.3 Å². The summed E-state index contributed by atoms with van der Waals surface area (Å²) in [5, 5.41) is 13.4. The summed E-state index contributed by atoms with van der Waals surface area (Å²) in [5.74, 6) is -1.04. The fourth-order valence-electron chi connectivity index (χ4n) is 0.724. The molecule has 80 valence electrons. The molecule has 0 saturated heterocycles. The lowest BCUT2D eigenvalue weighted by molar-refractivity contribution is -0.139. The van der Waals surface area contributed by atoms with Crippen molar-refractivity contribution in [3.8, 4) is 0 Å². The minimum atomic E-state index is -1.04. The van der Waals surface area contributed by atoms with Crippen LogP contribution in [0.2, 0.25) is 0 Å². The molecule has 5 nitrogen and oxygen atoms in total. The Morgan fingerprint density at radius 3 is 2.50 bits per heavy atom. The summed E-state index contributed by atoms with van der Waals surface area (Å²) in [4.78, 5) is 21.6. The minimum absolute atomic E-state index is 0.266. The van der Waals surface area contributed by atoms with Crippen LogP contribution < -0.4 is 10.6 Å². The molecule has 0 rings (SSSR count). The van der Waals surface area contributed by atoms with Crippen molar-refractivity contribution >= 4 is 27.9 Å². The number of amides is 2. The van der Waals surface area contributed by atoms with Gasteiger partial charge in [-0.1, -0.05) is 29.4 Å². The molecule has 0 unspecified atom stereocenters. The molecule has 0 aliphatic heterocycles. The van der Waals surface area contributed by atoms with Gasteiger partial charge in [-0.15, -0.1) is 0 Å². The quantitative estimate of drug-likeness (QED) is 0.695. The van der Waals surface area contributed by atoms with E-state index in [-0.39, 0.29) is 6.54 Å². The Labute approximate surface area is 90.7 Å². The van der Waals surface area contributed by atoms with Gasteiger partial charge < -0.3 is 15.7 Å².